The summed E-state index contributed by atoms with van der Waals surface area (Å²) in [6, 6.07) is 0. The van der Waals surface area contributed by atoms with Crippen LogP contribution in [0.3, 0.4) is 0 Å². The van der Waals surface area contributed by atoms with Crippen molar-refractivity contribution in [3.63, 3.8) is 0 Å². The number of rotatable bonds is 0. The zero-order chi connectivity index (χ0) is 9.45. The summed E-state index contributed by atoms with van der Waals surface area (Å²) in [5, 5.41) is 0. The van der Waals surface area contributed by atoms with Crippen molar-refractivity contribution in [2.75, 3.05) is 0 Å². The number of hydrogen-bond acceptors (Lipinski definition) is 3. The maximum atomic E-state index is 11.9. The molecule has 0 amide bonds. The number of ketones is 2. The Morgan fingerprint density at radius 3 is 2.00 bits per heavy atom. The van der Waals surface area contributed by atoms with Gasteiger partial charge in [0.25, 0.3) is 0 Å². The van der Waals surface area contributed by atoms with E-state index in [2.05, 4.69) is 12.2 Å². The van der Waals surface area contributed by atoms with Gasteiger partial charge in [-0.1, -0.05) is 12.2 Å². The molecule has 4 unspecified atom stereocenters. The zero-order valence-electron chi connectivity index (χ0n) is 7.55. The van der Waals surface area contributed by atoms with Gasteiger partial charge in [-0.15, -0.1) is 0 Å². The van der Waals surface area contributed by atoms with Crippen LogP contribution in [0.15, 0.2) is 12.2 Å². The molecule has 3 nitrogen and oxygen atoms in total. The van der Waals surface area contributed by atoms with Crippen molar-refractivity contribution < 1.29 is 14.3 Å². The quantitative estimate of drug-likeness (QED) is 0.409. The molecule has 4 aliphatic rings. The number of allylic oxidation sites excluding steroid dienone is 2. The Morgan fingerprint density at radius 2 is 1.50 bits per heavy atom. The van der Waals surface area contributed by atoms with Gasteiger partial charge >= 0.3 is 0 Å². The Bertz CT molecular complexity index is 350. The number of Topliss-reactive ketones (excluding diaryl/α,β-unsaturated/α-hetero) is 2. The van der Waals surface area contributed by atoms with Crippen molar-refractivity contribution in [3.05, 3.63) is 12.2 Å². The molecule has 0 spiro atoms. The van der Waals surface area contributed by atoms with Gasteiger partial charge in [-0.2, -0.15) is 0 Å². The Hall–Kier alpha value is -0.960. The summed E-state index contributed by atoms with van der Waals surface area (Å²) in [6.45, 7) is 0. The maximum Gasteiger partial charge on any atom is 0.169 e. The molecule has 3 heteroatoms. The van der Waals surface area contributed by atoms with Crippen LogP contribution < -0.4 is 0 Å². The summed E-state index contributed by atoms with van der Waals surface area (Å²) in [7, 11) is 0. The molecule has 4 rings (SSSR count). The first kappa shape index (κ1) is 7.35. The van der Waals surface area contributed by atoms with Crippen molar-refractivity contribution in [1.82, 2.24) is 0 Å². The predicted molar refractivity (Wildman–Crippen MR) is 46.4 cm³/mol. The van der Waals surface area contributed by atoms with E-state index in [1.165, 1.54) is 0 Å². The van der Waals surface area contributed by atoms with Gasteiger partial charge in [0.15, 0.2) is 23.8 Å². The molecular weight excluding hydrogens is 180 g/mol. The van der Waals surface area contributed by atoms with Gasteiger partial charge in [-0.25, -0.2) is 0 Å². The van der Waals surface area contributed by atoms with E-state index in [0.717, 1.165) is 6.42 Å². The van der Waals surface area contributed by atoms with Gasteiger partial charge in [0.2, 0.25) is 0 Å². The van der Waals surface area contributed by atoms with Crippen LogP contribution in [0.5, 0.6) is 0 Å². The van der Waals surface area contributed by atoms with Crippen molar-refractivity contribution in [1.29, 1.82) is 0 Å². The lowest BCUT2D eigenvalue weighted by atomic mass is 9.72. The molecule has 2 bridgehead atoms. The van der Waals surface area contributed by atoms with Crippen molar-refractivity contribution in [2.24, 2.45) is 23.7 Å². The number of ether oxygens (including phenoxy) is 1. The van der Waals surface area contributed by atoms with Gasteiger partial charge in [0.1, 0.15) is 0 Å². The van der Waals surface area contributed by atoms with Crippen molar-refractivity contribution in [2.45, 2.75) is 18.6 Å². The first-order valence-corrected chi connectivity index (χ1v) is 5.18. The Kier molecular flexibility index (Phi) is 1.05. The van der Waals surface area contributed by atoms with E-state index in [1.807, 2.05) is 0 Å². The smallest absolute Gasteiger partial charge is 0.169 e. The van der Waals surface area contributed by atoms with E-state index in [1.54, 1.807) is 0 Å². The fourth-order valence-electron chi connectivity index (χ4n) is 3.52. The molecular formula is C11H10O3. The molecule has 6 atom stereocenters. The van der Waals surface area contributed by atoms with Gasteiger partial charge in [0, 0.05) is 11.8 Å². The minimum absolute atomic E-state index is 0.0405. The summed E-state index contributed by atoms with van der Waals surface area (Å²) >= 11 is 0. The zero-order valence-corrected chi connectivity index (χ0v) is 7.55. The molecule has 0 aromatic carbocycles. The highest BCUT2D eigenvalue weighted by Gasteiger charge is 2.66. The second kappa shape index (κ2) is 2.01. The largest absolute Gasteiger partial charge is 0.353 e. The Morgan fingerprint density at radius 1 is 1.00 bits per heavy atom. The number of carbonyl (C=O) groups excluding carboxylic acids is 2. The molecule has 1 heterocycles. The number of hydrogen-bond donors (Lipinski definition) is 0. The molecule has 0 N–H and O–H groups in total. The summed E-state index contributed by atoms with van der Waals surface area (Å²) in [5.41, 5.74) is 0. The van der Waals surface area contributed by atoms with E-state index in [4.69, 9.17) is 4.74 Å². The second-order valence-electron chi connectivity index (χ2n) is 4.78. The van der Waals surface area contributed by atoms with E-state index < -0.39 is 0 Å². The van der Waals surface area contributed by atoms with Crippen LogP contribution >= 0.6 is 0 Å². The summed E-state index contributed by atoms with van der Waals surface area (Å²) in [4.78, 5) is 23.7. The topological polar surface area (TPSA) is 46.7 Å². The lowest BCUT2D eigenvalue weighted by Crippen LogP contribution is -2.43. The van der Waals surface area contributed by atoms with E-state index in [-0.39, 0.29) is 35.6 Å². The standard InChI is InChI=1S/C11H10O3/c12-8-6-4-1-2-5(3-4)7(6)9(13)11-10(8)14-11/h1-2,4-7,10-11H,3H2/t4-,5+,6?,7?,10?,11?. The van der Waals surface area contributed by atoms with Crippen LogP contribution in [0.25, 0.3) is 0 Å². The molecule has 0 radical (unpaired) electrons. The Labute approximate surface area is 81.1 Å². The minimum atomic E-state index is -0.364. The molecule has 14 heavy (non-hydrogen) atoms. The summed E-state index contributed by atoms with van der Waals surface area (Å²) < 4.78 is 5.14. The molecule has 3 aliphatic carbocycles. The molecule has 0 aromatic rings. The molecule has 1 saturated heterocycles. The van der Waals surface area contributed by atoms with Gasteiger partial charge < -0.3 is 4.74 Å². The lowest BCUT2D eigenvalue weighted by molar-refractivity contribution is -0.135. The lowest BCUT2D eigenvalue weighted by Gasteiger charge is -2.27. The van der Waals surface area contributed by atoms with Crippen LogP contribution in [0, 0.1) is 23.7 Å². The third-order valence-electron chi connectivity index (χ3n) is 4.17. The van der Waals surface area contributed by atoms with E-state index in [9.17, 15) is 9.59 Å². The van der Waals surface area contributed by atoms with Gasteiger partial charge in [-0.05, 0) is 18.3 Å². The number of epoxide rings is 1. The Balaban J connectivity index is 1.84. The van der Waals surface area contributed by atoms with Crippen molar-refractivity contribution >= 4 is 11.6 Å². The first-order valence-electron chi connectivity index (χ1n) is 5.18. The molecule has 3 fully saturated rings. The third kappa shape index (κ3) is 0.630. The highest BCUT2D eigenvalue weighted by atomic mass is 16.6. The fraction of sp³-hybridized carbons (Fsp3) is 0.636. The van der Waals surface area contributed by atoms with Crippen LogP contribution in [0.4, 0.5) is 0 Å². The van der Waals surface area contributed by atoms with Crippen LogP contribution in [-0.4, -0.2) is 23.8 Å². The monoisotopic (exact) mass is 190 g/mol. The number of carbonyl (C=O) groups is 2. The van der Waals surface area contributed by atoms with Gasteiger partial charge in [-0.3, -0.25) is 9.59 Å². The predicted octanol–water partition coefficient (Wildman–Crippen LogP) is 0.344. The average Bonchev–Trinajstić information content (AvgIpc) is 2.74. The van der Waals surface area contributed by atoms with Crippen LogP contribution in [0.1, 0.15) is 6.42 Å². The normalized spacial score (nSPS) is 57.4. The minimum Gasteiger partial charge on any atom is -0.353 e. The van der Waals surface area contributed by atoms with Crippen molar-refractivity contribution in [3.8, 4) is 0 Å². The highest BCUT2D eigenvalue weighted by Crippen LogP contribution is 2.54. The third-order valence-corrected chi connectivity index (χ3v) is 4.17. The first-order chi connectivity index (χ1) is 6.77. The molecule has 72 valence electrons. The van der Waals surface area contributed by atoms with E-state index >= 15 is 0 Å². The van der Waals surface area contributed by atoms with E-state index in [0.29, 0.717) is 11.8 Å². The SMILES string of the molecule is O=C1C2OC2C(=O)C2C1[C@@H]1C=C[C@H]2C1. The van der Waals surface area contributed by atoms with Crippen LogP contribution in [-0.2, 0) is 14.3 Å². The summed E-state index contributed by atoms with van der Waals surface area (Å²) in [6.07, 6.45) is 4.50. The maximum absolute atomic E-state index is 11.9. The average molecular weight is 190 g/mol. The fourth-order valence-corrected chi connectivity index (χ4v) is 3.52. The highest BCUT2D eigenvalue weighted by molar-refractivity contribution is 6.06. The van der Waals surface area contributed by atoms with Crippen LogP contribution in [0.2, 0.25) is 0 Å². The molecule has 1 aliphatic heterocycles. The molecule has 0 aromatic heterocycles. The van der Waals surface area contributed by atoms with Gasteiger partial charge in [0.05, 0.1) is 0 Å². The number of fused-ring (bicyclic) bond motifs is 6. The summed E-state index contributed by atoms with van der Waals surface area (Å²) in [5.74, 6) is 0.952. The molecule has 2 saturated carbocycles. The second-order valence-corrected chi connectivity index (χ2v) is 4.78.